The van der Waals surface area contributed by atoms with Gasteiger partial charge in [-0.25, -0.2) is 9.97 Å². The minimum absolute atomic E-state index is 0.231. The molecule has 0 atom stereocenters. The van der Waals surface area contributed by atoms with E-state index >= 15 is 0 Å². The van der Waals surface area contributed by atoms with Gasteiger partial charge in [0, 0.05) is 116 Å². The zero-order chi connectivity index (χ0) is 42.7. The molecule has 4 aromatic heterocycles. The van der Waals surface area contributed by atoms with Crippen molar-refractivity contribution in [1.82, 2.24) is 19.9 Å². The van der Waals surface area contributed by atoms with E-state index in [9.17, 15) is 9.59 Å². The standard InChI is InChI=1S/C48H42N12O2/c49-45-30-42(56-33-11-7-31(8-12-33)47(61)59-39-5-1-3-37(27-39)54-35-17-22-51-23-18-35)29-41(58-45)15-16-43-44(21-26-53-46(43)50)57-34-13-9-32(10-14-34)48(62)60-40-6-2-4-38(28-40)55-36-19-24-52-25-20-36/h1-14,17-30H,15-16H2,(H,51,54)(H,52,55)(H,59,61)(H,60,62)(H3,49,56,58)(H3,50,53,57). The van der Waals surface area contributed by atoms with Gasteiger partial charge in [-0.1, -0.05) is 12.1 Å². The van der Waals surface area contributed by atoms with E-state index in [0.29, 0.717) is 47.0 Å². The Morgan fingerprint density at radius 1 is 0.452 bits per heavy atom. The van der Waals surface area contributed by atoms with Gasteiger partial charge in [0.15, 0.2) is 0 Å². The van der Waals surface area contributed by atoms with E-state index in [4.69, 9.17) is 11.5 Å². The predicted molar refractivity (Wildman–Crippen MR) is 248 cm³/mol. The topological polar surface area (TPSA) is 210 Å². The highest BCUT2D eigenvalue weighted by Gasteiger charge is 2.13. The van der Waals surface area contributed by atoms with Crippen LogP contribution in [0.2, 0.25) is 0 Å². The second-order valence-electron chi connectivity index (χ2n) is 14.2. The molecule has 0 radical (unpaired) electrons. The average Bonchev–Trinajstić information content (AvgIpc) is 3.27. The summed E-state index contributed by atoms with van der Waals surface area (Å²) in [6, 6.07) is 42.4. The lowest BCUT2D eigenvalue weighted by Gasteiger charge is -2.15. The van der Waals surface area contributed by atoms with Gasteiger partial charge in [-0.2, -0.15) is 0 Å². The molecule has 0 bridgehead atoms. The molecule has 14 nitrogen and oxygen atoms in total. The predicted octanol–water partition coefficient (Wildman–Crippen LogP) is 9.70. The second-order valence-corrected chi connectivity index (χ2v) is 14.2. The Bertz CT molecular complexity index is 2800. The van der Waals surface area contributed by atoms with E-state index in [-0.39, 0.29) is 11.8 Å². The number of nitrogen functional groups attached to an aromatic ring is 2. The molecule has 0 aliphatic carbocycles. The molecule has 8 aromatic rings. The molecular formula is C48H42N12O2. The minimum atomic E-state index is -0.233. The number of nitrogens with zero attached hydrogens (tertiary/aromatic N) is 4. The molecule has 4 heterocycles. The van der Waals surface area contributed by atoms with Gasteiger partial charge in [0.25, 0.3) is 11.8 Å². The number of benzene rings is 4. The number of rotatable bonds is 15. The SMILES string of the molecule is Nc1cc(Nc2ccc(C(=O)Nc3cccc(Nc4ccncc4)c3)cc2)cc(CCc2c(Nc3ccc(C(=O)Nc4cccc(Nc5ccncc5)c4)cc3)ccnc2N)n1. The number of anilines is 12. The molecule has 0 aliphatic rings. The van der Waals surface area contributed by atoms with Gasteiger partial charge < -0.3 is 43.4 Å². The molecule has 8 rings (SSSR count). The Balaban J connectivity index is 0.862. The highest BCUT2D eigenvalue weighted by Crippen LogP contribution is 2.28. The van der Waals surface area contributed by atoms with Crippen LogP contribution in [0.5, 0.6) is 0 Å². The fraction of sp³-hybridized carbons (Fsp3) is 0.0417. The smallest absolute Gasteiger partial charge is 0.255 e. The zero-order valence-electron chi connectivity index (χ0n) is 33.3. The van der Waals surface area contributed by atoms with Crippen molar-refractivity contribution in [1.29, 1.82) is 0 Å². The van der Waals surface area contributed by atoms with Crippen molar-refractivity contribution in [2.75, 3.05) is 43.4 Å². The molecule has 4 aromatic carbocycles. The van der Waals surface area contributed by atoms with Crippen LogP contribution in [0.15, 0.2) is 171 Å². The molecule has 14 heteroatoms. The molecule has 0 saturated carbocycles. The summed E-state index contributed by atoms with van der Waals surface area (Å²) in [6.45, 7) is 0. The number of hydrogen-bond donors (Lipinski definition) is 8. The maximum atomic E-state index is 13.1. The van der Waals surface area contributed by atoms with Crippen LogP contribution in [-0.4, -0.2) is 31.8 Å². The van der Waals surface area contributed by atoms with Crippen molar-refractivity contribution in [3.63, 3.8) is 0 Å². The lowest BCUT2D eigenvalue weighted by Crippen LogP contribution is -2.12. The third-order valence-electron chi connectivity index (χ3n) is 9.66. The lowest BCUT2D eigenvalue weighted by atomic mass is 10.1. The van der Waals surface area contributed by atoms with Crippen LogP contribution in [-0.2, 0) is 12.8 Å². The van der Waals surface area contributed by atoms with Crippen molar-refractivity contribution in [2.24, 2.45) is 0 Å². The molecule has 0 unspecified atom stereocenters. The Morgan fingerprint density at radius 3 is 1.48 bits per heavy atom. The van der Waals surface area contributed by atoms with Crippen molar-refractivity contribution in [2.45, 2.75) is 12.8 Å². The third-order valence-corrected chi connectivity index (χ3v) is 9.66. The van der Waals surface area contributed by atoms with Crippen molar-refractivity contribution in [3.05, 3.63) is 193 Å². The van der Waals surface area contributed by atoms with E-state index in [0.717, 1.165) is 56.8 Å². The molecule has 2 amide bonds. The summed E-state index contributed by atoms with van der Waals surface area (Å²) in [7, 11) is 0. The molecule has 0 saturated heterocycles. The summed E-state index contributed by atoms with van der Waals surface area (Å²) in [5.74, 6) is 0.290. The van der Waals surface area contributed by atoms with E-state index in [1.807, 2.05) is 109 Å². The fourth-order valence-electron chi connectivity index (χ4n) is 6.64. The summed E-state index contributed by atoms with van der Waals surface area (Å²) in [5.41, 5.74) is 23.1. The average molecular weight is 819 g/mol. The highest BCUT2D eigenvalue weighted by atomic mass is 16.2. The van der Waals surface area contributed by atoms with Crippen LogP contribution >= 0.6 is 0 Å². The van der Waals surface area contributed by atoms with Crippen LogP contribution in [0.4, 0.5) is 68.5 Å². The summed E-state index contributed by atoms with van der Waals surface area (Å²) < 4.78 is 0. The Hall–Kier alpha value is -8.78. The van der Waals surface area contributed by atoms with Crippen molar-refractivity contribution >= 4 is 80.3 Å². The van der Waals surface area contributed by atoms with Crippen LogP contribution in [0.25, 0.3) is 0 Å². The molecule has 10 N–H and O–H groups in total. The molecule has 62 heavy (non-hydrogen) atoms. The molecular weight excluding hydrogens is 777 g/mol. The van der Waals surface area contributed by atoms with Crippen LogP contribution in [0.3, 0.4) is 0 Å². The van der Waals surface area contributed by atoms with E-state index in [2.05, 4.69) is 51.8 Å². The molecule has 0 fully saturated rings. The highest BCUT2D eigenvalue weighted by molar-refractivity contribution is 6.05. The first-order valence-corrected chi connectivity index (χ1v) is 19.7. The van der Waals surface area contributed by atoms with Crippen molar-refractivity contribution in [3.8, 4) is 0 Å². The fourth-order valence-corrected chi connectivity index (χ4v) is 6.64. The number of amides is 2. The largest absolute Gasteiger partial charge is 0.384 e. The third kappa shape index (κ3) is 10.6. The first kappa shape index (κ1) is 40.0. The van der Waals surface area contributed by atoms with Gasteiger partial charge >= 0.3 is 0 Å². The number of aromatic nitrogens is 4. The Morgan fingerprint density at radius 2 is 0.935 bits per heavy atom. The number of nitrogens with two attached hydrogens (primary N) is 2. The van der Waals surface area contributed by atoms with E-state index in [1.165, 1.54) is 0 Å². The molecule has 0 aliphatic heterocycles. The summed E-state index contributed by atoms with van der Waals surface area (Å²) in [4.78, 5) is 43.2. The maximum absolute atomic E-state index is 13.1. The van der Waals surface area contributed by atoms with Gasteiger partial charge in [0.05, 0.1) is 0 Å². The number of aryl methyl sites for hydroxylation is 1. The molecule has 306 valence electrons. The Kier molecular flexibility index (Phi) is 12.2. The maximum Gasteiger partial charge on any atom is 0.255 e. The first-order chi connectivity index (χ1) is 30.3. The van der Waals surface area contributed by atoms with Crippen LogP contribution in [0.1, 0.15) is 32.0 Å². The van der Waals surface area contributed by atoms with Crippen molar-refractivity contribution < 1.29 is 9.59 Å². The molecule has 0 spiro atoms. The van der Waals surface area contributed by atoms with Gasteiger partial charge in [0.1, 0.15) is 11.6 Å². The first-order valence-electron chi connectivity index (χ1n) is 19.7. The summed E-state index contributed by atoms with van der Waals surface area (Å²) in [5, 5.41) is 19.4. The van der Waals surface area contributed by atoms with Gasteiger partial charge in [-0.15, -0.1) is 0 Å². The van der Waals surface area contributed by atoms with Gasteiger partial charge in [0.2, 0.25) is 0 Å². The second kappa shape index (κ2) is 18.9. The van der Waals surface area contributed by atoms with E-state index < -0.39 is 0 Å². The number of pyridine rings is 4. The monoisotopic (exact) mass is 818 g/mol. The van der Waals surface area contributed by atoms with Crippen LogP contribution < -0.4 is 43.4 Å². The van der Waals surface area contributed by atoms with Crippen LogP contribution in [0, 0.1) is 0 Å². The van der Waals surface area contributed by atoms with E-state index in [1.54, 1.807) is 61.3 Å². The zero-order valence-corrected chi connectivity index (χ0v) is 33.3. The lowest BCUT2D eigenvalue weighted by molar-refractivity contribution is 0.101. The normalized spacial score (nSPS) is 10.6. The Labute approximate surface area is 357 Å². The number of hydrogen-bond acceptors (Lipinski definition) is 12. The summed E-state index contributed by atoms with van der Waals surface area (Å²) >= 11 is 0. The van der Waals surface area contributed by atoms with Gasteiger partial charge in [-0.05, 0) is 134 Å². The summed E-state index contributed by atoms with van der Waals surface area (Å²) in [6.07, 6.45) is 9.55. The van der Waals surface area contributed by atoms with Gasteiger partial charge in [-0.3, -0.25) is 19.6 Å². The number of carbonyl (C=O) groups is 2. The minimum Gasteiger partial charge on any atom is -0.384 e. The number of carbonyl (C=O) groups excluding carboxylic acids is 2. The number of nitrogens with one attached hydrogen (secondary N) is 6. The quantitative estimate of drug-likeness (QED) is 0.0486.